The van der Waals surface area contributed by atoms with Crippen molar-refractivity contribution in [2.24, 2.45) is 0 Å². The lowest BCUT2D eigenvalue weighted by molar-refractivity contribution is 0.415. The predicted octanol–water partition coefficient (Wildman–Crippen LogP) is 3.29. The number of hydrogen-bond donors (Lipinski definition) is 1. The molecule has 0 saturated heterocycles. The van der Waals surface area contributed by atoms with E-state index in [0.717, 1.165) is 6.07 Å². The van der Waals surface area contributed by atoms with E-state index in [9.17, 15) is 12.8 Å². The zero-order valence-electron chi connectivity index (χ0n) is 10.4. The Hall–Kier alpha value is -1.79. The van der Waals surface area contributed by atoms with Gasteiger partial charge in [-0.1, -0.05) is 23.7 Å². The van der Waals surface area contributed by atoms with Gasteiger partial charge in [-0.25, -0.2) is 12.8 Å². The van der Waals surface area contributed by atoms with Crippen molar-refractivity contribution >= 4 is 27.3 Å². The number of anilines is 1. The van der Waals surface area contributed by atoms with Crippen molar-refractivity contribution in [2.75, 3.05) is 11.8 Å². The molecule has 0 bridgehead atoms. The van der Waals surface area contributed by atoms with Crippen LogP contribution in [-0.4, -0.2) is 15.5 Å². The molecule has 20 heavy (non-hydrogen) atoms. The quantitative estimate of drug-likeness (QED) is 0.942. The summed E-state index contributed by atoms with van der Waals surface area (Å²) in [5.41, 5.74) is 0.231. The van der Waals surface area contributed by atoms with E-state index in [1.165, 1.54) is 43.5 Å². The van der Waals surface area contributed by atoms with Crippen molar-refractivity contribution in [3.8, 4) is 5.75 Å². The zero-order valence-corrected chi connectivity index (χ0v) is 12.0. The molecule has 4 nitrogen and oxygen atoms in total. The number of hydrogen-bond acceptors (Lipinski definition) is 3. The highest BCUT2D eigenvalue weighted by atomic mass is 35.5. The van der Waals surface area contributed by atoms with Gasteiger partial charge in [0.25, 0.3) is 10.0 Å². The van der Waals surface area contributed by atoms with Gasteiger partial charge in [-0.2, -0.15) is 0 Å². The lowest BCUT2D eigenvalue weighted by Crippen LogP contribution is -2.14. The molecule has 2 aromatic rings. The lowest BCUT2D eigenvalue weighted by atomic mass is 10.3. The molecule has 106 valence electrons. The second kappa shape index (κ2) is 5.68. The Balaban J connectivity index is 2.36. The van der Waals surface area contributed by atoms with Crippen molar-refractivity contribution in [3.05, 3.63) is 53.3 Å². The SMILES string of the molecule is COc1cc(NS(=O)(=O)c2ccccc2F)ccc1Cl. The summed E-state index contributed by atoms with van der Waals surface area (Å²) >= 11 is 5.85. The molecule has 0 fully saturated rings. The van der Waals surface area contributed by atoms with Gasteiger partial charge in [0, 0.05) is 6.07 Å². The molecule has 0 amide bonds. The van der Waals surface area contributed by atoms with Crippen molar-refractivity contribution in [1.29, 1.82) is 0 Å². The summed E-state index contributed by atoms with van der Waals surface area (Å²) < 4.78 is 45.0. The Bertz CT molecular complexity index is 734. The first kappa shape index (κ1) is 14.6. The van der Waals surface area contributed by atoms with Crippen LogP contribution in [0.1, 0.15) is 0 Å². The standard InChI is InChI=1S/C13H11ClFNO3S/c1-19-12-8-9(6-7-10(12)14)16-20(17,18)13-5-3-2-4-11(13)15/h2-8,16H,1H3. The van der Waals surface area contributed by atoms with E-state index in [0.29, 0.717) is 10.8 Å². The van der Waals surface area contributed by atoms with Crippen molar-refractivity contribution in [1.82, 2.24) is 0 Å². The van der Waals surface area contributed by atoms with Crippen LogP contribution in [0, 0.1) is 5.82 Å². The molecular weight excluding hydrogens is 305 g/mol. The molecule has 0 aliphatic carbocycles. The van der Waals surface area contributed by atoms with E-state index >= 15 is 0 Å². The fourth-order valence-electron chi connectivity index (χ4n) is 1.60. The van der Waals surface area contributed by atoms with Crippen LogP contribution in [0.2, 0.25) is 5.02 Å². The average Bonchev–Trinajstić information content (AvgIpc) is 2.41. The van der Waals surface area contributed by atoms with Crippen LogP contribution in [0.15, 0.2) is 47.4 Å². The number of rotatable bonds is 4. The maximum atomic E-state index is 13.5. The van der Waals surface area contributed by atoms with E-state index in [-0.39, 0.29) is 5.69 Å². The molecule has 0 radical (unpaired) electrons. The van der Waals surface area contributed by atoms with Crippen LogP contribution in [0.3, 0.4) is 0 Å². The minimum atomic E-state index is -4.01. The molecule has 1 N–H and O–H groups in total. The van der Waals surface area contributed by atoms with Gasteiger partial charge in [0.2, 0.25) is 0 Å². The van der Waals surface area contributed by atoms with Crippen LogP contribution in [0.25, 0.3) is 0 Å². The fraction of sp³-hybridized carbons (Fsp3) is 0.0769. The van der Waals surface area contributed by atoms with Crippen LogP contribution in [0.4, 0.5) is 10.1 Å². The highest BCUT2D eigenvalue weighted by Gasteiger charge is 2.18. The number of halogens is 2. The molecule has 0 unspecified atom stereocenters. The second-order valence-corrected chi connectivity index (χ2v) is 5.94. The van der Waals surface area contributed by atoms with Crippen molar-refractivity contribution in [2.45, 2.75) is 4.90 Å². The maximum absolute atomic E-state index is 13.5. The summed E-state index contributed by atoms with van der Waals surface area (Å²) in [5.74, 6) is -0.499. The first-order chi connectivity index (χ1) is 9.44. The van der Waals surface area contributed by atoms with Gasteiger partial charge in [-0.3, -0.25) is 4.72 Å². The first-order valence-corrected chi connectivity index (χ1v) is 7.41. The van der Waals surface area contributed by atoms with Gasteiger partial charge >= 0.3 is 0 Å². The second-order valence-electron chi connectivity index (χ2n) is 3.89. The third-order valence-electron chi connectivity index (χ3n) is 2.53. The van der Waals surface area contributed by atoms with Crippen molar-refractivity contribution < 1.29 is 17.5 Å². The molecule has 7 heteroatoms. The van der Waals surface area contributed by atoms with Crippen LogP contribution in [-0.2, 0) is 10.0 Å². The average molecular weight is 316 g/mol. The lowest BCUT2D eigenvalue weighted by Gasteiger charge is -2.10. The summed E-state index contributed by atoms with van der Waals surface area (Å²) in [6, 6.07) is 9.49. The third kappa shape index (κ3) is 3.02. The molecule has 0 aromatic heterocycles. The summed E-state index contributed by atoms with van der Waals surface area (Å²) in [7, 11) is -2.59. The van der Waals surface area contributed by atoms with Gasteiger partial charge in [0.1, 0.15) is 16.5 Å². The third-order valence-corrected chi connectivity index (χ3v) is 4.26. The Kier molecular flexibility index (Phi) is 4.15. The molecular formula is C13H11ClFNO3S. The van der Waals surface area contributed by atoms with Gasteiger partial charge in [-0.15, -0.1) is 0 Å². The summed E-state index contributed by atoms with van der Waals surface area (Å²) in [5, 5.41) is 0.348. The molecule has 0 saturated carbocycles. The molecule has 2 aromatic carbocycles. The summed E-state index contributed by atoms with van der Waals surface area (Å²) in [4.78, 5) is -0.422. The van der Waals surface area contributed by atoms with Gasteiger partial charge in [0.05, 0.1) is 17.8 Å². The smallest absolute Gasteiger partial charge is 0.264 e. The molecule has 0 aliphatic rings. The van der Waals surface area contributed by atoms with E-state index in [4.69, 9.17) is 16.3 Å². The molecule has 0 heterocycles. The Labute approximate surface area is 121 Å². The fourth-order valence-corrected chi connectivity index (χ4v) is 2.92. The monoisotopic (exact) mass is 315 g/mol. The maximum Gasteiger partial charge on any atom is 0.264 e. The number of sulfonamides is 1. The summed E-state index contributed by atoms with van der Waals surface area (Å²) in [6.45, 7) is 0. The zero-order chi connectivity index (χ0) is 14.8. The summed E-state index contributed by atoms with van der Waals surface area (Å²) in [6.07, 6.45) is 0. The predicted molar refractivity (Wildman–Crippen MR) is 75.2 cm³/mol. The van der Waals surface area contributed by atoms with Crippen LogP contribution >= 0.6 is 11.6 Å². The minimum absolute atomic E-state index is 0.231. The van der Waals surface area contributed by atoms with Gasteiger partial charge < -0.3 is 4.74 Å². The largest absolute Gasteiger partial charge is 0.495 e. The van der Waals surface area contributed by atoms with E-state index < -0.39 is 20.7 Å². The molecule has 0 aliphatic heterocycles. The molecule has 2 rings (SSSR count). The number of nitrogens with one attached hydrogen (secondary N) is 1. The van der Waals surface area contributed by atoms with Crippen LogP contribution < -0.4 is 9.46 Å². The van der Waals surface area contributed by atoms with E-state index in [1.807, 2.05) is 0 Å². The molecule has 0 spiro atoms. The Morgan fingerprint density at radius 3 is 2.55 bits per heavy atom. The van der Waals surface area contributed by atoms with Crippen LogP contribution in [0.5, 0.6) is 5.75 Å². The number of methoxy groups -OCH3 is 1. The normalized spacial score (nSPS) is 11.2. The minimum Gasteiger partial charge on any atom is -0.495 e. The Morgan fingerprint density at radius 1 is 1.20 bits per heavy atom. The van der Waals surface area contributed by atoms with Gasteiger partial charge in [0.15, 0.2) is 0 Å². The van der Waals surface area contributed by atoms with E-state index in [2.05, 4.69) is 4.72 Å². The van der Waals surface area contributed by atoms with Gasteiger partial charge in [-0.05, 0) is 24.3 Å². The number of benzene rings is 2. The van der Waals surface area contributed by atoms with Crippen molar-refractivity contribution in [3.63, 3.8) is 0 Å². The van der Waals surface area contributed by atoms with E-state index in [1.54, 1.807) is 0 Å². The highest BCUT2D eigenvalue weighted by molar-refractivity contribution is 7.92. The Morgan fingerprint density at radius 2 is 1.90 bits per heavy atom. The first-order valence-electron chi connectivity index (χ1n) is 5.55. The highest BCUT2D eigenvalue weighted by Crippen LogP contribution is 2.28. The topological polar surface area (TPSA) is 55.4 Å². The number of ether oxygens (including phenoxy) is 1. The molecule has 0 atom stereocenters.